The SMILES string of the molecule is CC1(C)CC(O)c2cccc(Cl)c2O1. The molecule has 1 heterocycles. The summed E-state index contributed by atoms with van der Waals surface area (Å²) in [5.41, 5.74) is 0.439. The first kappa shape index (κ1) is 9.81. The number of ether oxygens (including phenoxy) is 1. The standard InChI is InChI=1S/C11H13ClO2/c1-11(2)6-9(13)7-4-3-5-8(12)10(7)14-11/h3-5,9,13H,6H2,1-2H3. The van der Waals surface area contributed by atoms with E-state index >= 15 is 0 Å². The number of aliphatic hydroxyl groups is 1. The predicted octanol–water partition coefficient (Wildman–Crippen LogP) is 2.93. The molecule has 0 radical (unpaired) electrons. The molecule has 0 aromatic heterocycles. The summed E-state index contributed by atoms with van der Waals surface area (Å²) in [4.78, 5) is 0. The quantitative estimate of drug-likeness (QED) is 0.717. The first-order valence-corrected chi connectivity index (χ1v) is 5.03. The van der Waals surface area contributed by atoms with E-state index in [4.69, 9.17) is 16.3 Å². The monoisotopic (exact) mass is 212 g/mol. The second-order valence-electron chi connectivity index (χ2n) is 4.24. The average Bonchev–Trinajstić information content (AvgIpc) is 2.05. The van der Waals surface area contributed by atoms with Crippen molar-refractivity contribution in [2.45, 2.75) is 32.0 Å². The molecule has 1 aromatic carbocycles. The van der Waals surface area contributed by atoms with Crippen molar-refractivity contribution >= 4 is 11.6 Å². The topological polar surface area (TPSA) is 29.5 Å². The second-order valence-corrected chi connectivity index (χ2v) is 4.65. The van der Waals surface area contributed by atoms with E-state index in [1.165, 1.54) is 0 Å². The van der Waals surface area contributed by atoms with Crippen LogP contribution in [0.2, 0.25) is 5.02 Å². The molecule has 0 aliphatic carbocycles. The minimum atomic E-state index is -0.479. The summed E-state index contributed by atoms with van der Waals surface area (Å²) in [6.45, 7) is 3.89. The molecule has 0 fully saturated rings. The van der Waals surface area contributed by atoms with Crippen molar-refractivity contribution < 1.29 is 9.84 Å². The summed E-state index contributed by atoms with van der Waals surface area (Å²) < 4.78 is 5.73. The molecule has 0 amide bonds. The van der Waals surface area contributed by atoms with Gasteiger partial charge in [-0.2, -0.15) is 0 Å². The summed E-state index contributed by atoms with van der Waals surface area (Å²) in [7, 11) is 0. The Kier molecular flexibility index (Phi) is 2.20. The number of rotatable bonds is 0. The van der Waals surface area contributed by atoms with E-state index in [2.05, 4.69) is 0 Å². The minimum absolute atomic E-state index is 0.350. The van der Waals surface area contributed by atoms with E-state index in [0.29, 0.717) is 17.2 Å². The van der Waals surface area contributed by atoms with Crippen molar-refractivity contribution in [1.82, 2.24) is 0 Å². The molecule has 1 aliphatic heterocycles. The summed E-state index contributed by atoms with van der Waals surface area (Å²) in [6.07, 6.45) is 0.118. The highest BCUT2D eigenvalue weighted by Gasteiger charge is 2.33. The van der Waals surface area contributed by atoms with E-state index < -0.39 is 6.10 Å². The predicted molar refractivity (Wildman–Crippen MR) is 55.7 cm³/mol. The molecule has 0 spiro atoms. The van der Waals surface area contributed by atoms with Gasteiger partial charge in [-0.25, -0.2) is 0 Å². The Bertz CT molecular complexity index is 360. The molecule has 76 valence electrons. The van der Waals surface area contributed by atoms with Crippen LogP contribution >= 0.6 is 11.6 Å². The van der Waals surface area contributed by atoms with Gasteiger partial charge in [0.25, 0.3) is 0 Å². The van der Waals surface area contributed by atoms with Gasteiger partial charge < -0.3 is 9.84 Å². The van der Waals surface area contributed by atoms with E-state index in [-0.39, 0.29) is 5.60 Å². The zero-order chi connectivity index (χ0) is 10.3. The fourth-order valence-corrected chi connectivity index (χ4v) is 2.01. The van der Waals surface area contributed by atoms with E-state index in [1.54, 1.807) is 6.07 Å². The maximum atomic E-state index is 9.88. The van der Waals surface area contributed by atoms with Gasteiger partial charge in [0.2, 0.25) is 0 Å². The largest absolute Gasteiger partial charge is 0.486 e. The van der Waals surface area contributed by atoms with Crippen LogP contribution in [0, 0.1) is 0 Å². The third-order valence-electron chi connectivity index (χ3n) is 2.42. The Morgan fingerprint density at radius 2 is 2.21 bits per heavy atom. The van der Waals surface area contributed by atoms with Crippen LogP contribution in [0.1, 0.15) is 31.9 Å². The lowest BCUT2D eigenvalue weighted by Crippen LogP contribution is -2.34. The van der Waals surface area contributed by atoms with Crippen molar-refractivity contribution in [3.63, 3.8) is 0 Å². The Morgan fingerprint density at radius 3 is 2.93 bits per heavy atom. The highest BCUT2D eigenvalue weighted by Crippen LogP contribution is 2.42. The maximum absolute atomic E-state index is 9.88. The normalized spacial score (nSPS) is 23.9. The Morgan fingerprint density at radius 1 is 1.50 bits per heavy atom. The van der Waals surface area contributed by atoms with E-state index in [1.807, 2.05) is 26.0 Å². The first-order valence-electron chi connectivity index (χ1n) is 4.65. The van der Waals surface area contributed by atoms with E-state index in [0.717, 1.165) is 5.56 Å². The molecule has 2 nitrogen and oxygen atoms in total. The highest BCUT2D eigenvalue weighted by molar-refractivity contribution is 6.32. The smallest absolute Gasteiger partial charge is 0.144 e. The third kappa shape index (κ3) is 1.60. The van der Waals surface area contributed by atoms with Crippen molar-refractivity contribution in [3.8, 4) is 5.75 Å². The fourth-order valence-electron chi connectivity index (χ4n) is 1.79. The Balaban J connectivity index is 2.51. The van der Waals surface area contributed by atoms with Crippen LogP contribution < -0.4 is 4.74 Å². The van der Waals surface area contributed by atoms with Gasteiger partial charge in [-0.3, -0.25) is 0 Å². The summed E-state index contributed by atoms with van der Waals surface area (Å²) in [6, 6.07) is 5.45. The lowest BCUT2D eigenvalue weighted by atomic mass is 9.92. The van der Waals surface area contributed by atoms with Crippen LogP contribution in [0.5, 0.6) is 5.75 Å². The fraction of sp³-hybridized carbons (Fsp3) is 0.455. The number of para-hydroxylation sites is 1. The zero-order valence-corrected chi connectivity index (χ0v) is 9.01. The lowest BCUT2D eigenvalue weighted by molar-refractivity contribution is 0.0116. The molecule has 0 saturated carbocycles. The van der Waals surface area contributed by atoms with Crippen molar-refractivity contribution in [1.29, 1.82) is 0 Å². The summed E-state index contributed by atoms with van der Waals surface area (Å²) >= 11 is 6.00. The number of benzene rings is 1. The van der Waals surface area contributed by atoms with E-state index in [9.17, 15) is 5.11 Å². The molecule has 1 unspecified atom stereocenters. The van der Waals surface area contributed by atoms with Gasteiger partial charge >= 0.3 is 0 Å². The van der Waals surface area contributed by atoms with Gasteiger partial charge in [-0.05, 0) is 19.9 Å². The van der Waals surface area contributed by atoms with Crippen LogP contribution in [0.15, 0.2) is 18.2 Å². The van der Waals surface area contributed by atoms with Crippen LogP contribution in [0.3, 0.4) is 0 Å². The average molecular weight is 213 g/mol. The molecule has 2 rings (SSSR count). The van der Waals surface area contributed by atoms with Gasteiger partial charge in [0, 0.05) is 12.0 Å². The second kappa shape index (κ2) is 3.14. The van der Waals surface area contributed by atoms with Crippen molar-refractivity contribution in [3.05, 3.63) is 28.8 Å². The van der Waals surface area contributed by atoms with Crippen molar-refractivity contribution in [2.75, 3.05) is 0 Å². The first-order chi connectivity index (χ1) is 6.49. The molecule has 1 N–H and O–H groups in total. The number of aliphatic hydroxyl groups excluding tert-OH is 1. The molecule has 1 aliphatic rings. The molecule has 1 aromatic rings. The zero-order valence-electron chi connectivity index (χ0n) is 8.25. The van der Waals surface area contributed by atoms with Gasteiger partial charge in [0.05, 0.1) is 11.1 Å². The van der Waals surface area contributed by atoms with Gasteiger partial charge in [-0.15, -0.1) is 0 Å². The third-order valence-corrected chi connectivity index (χ3v) is 2.72. The van der Waals surface area contributed by atoms with Gasteiger partial charge in [0.1, 0.15) is 11.4 Å². The highest BCUT2D eigenvalue weighted by atomic mass is 35.5. The van der Waals surface area contributed by atoms with Crippen LogP contribution in [0.25, 0.3) is 0 Å². The Labute approximate surface area is 88.5 Å². The molecule has 1 atom stereocenters. The molecule has 0 bridgehead atoms. The number of halogens is 1. The molecule has 0 saturated heterocycles. The van der Waals surface area contributed by atoms with Crippen LogP contribution in [0.4, 0.5) is 0 Å². The number of hydrogen-bond donors (Lipinski definition) is 1. The number of hydrogen-bond acceptors (Lipinski definition) is 2. The van der Waals surface area contributed by atoms with Gasteiger partial charge in [-0.1, -0.05) is 23.7 Å². The van der Waals surface area contributed by atoms with Crippen LogP contribution in [-0.4, -0.2) is 10.7 Å². The van der Waals surface area contributed by atoms with Gasteiger partial charge in [0.15, 0.2) is 0 Å². The summed E-state index contributed by atoms with van der Waals surface area (Å²) in [5, 5.41) is 10.4. The summed E-state index contributed by atoms with van der Waals surface area (Å²) in [5.74, 6) is 0.623. The minimum Gasteiger partial charge on any atom is -0.486 e. The molecule has 3 heteroatoms. The Hall–Kier alpha value is -0.730. The molecular weight excluding hydrogens is 200 g/mol. The lowest BCUT2D eigenvalue weighted by Gasteiger charge is -2.35. The number of fused-ring (bicyclic) bond motifs is 1. The van der Waals surface area contributed by atoms with Crippen LogP contribution in [-0.2, 0) is 0 Å². The maximum Gasteiger partial charge on any atom is 0.144 e. The molecular formula is C11H13ClO2. The van der Waals surface area contributed by atoms with Crippen molar-refractivity contribution in [2.24, 2.45) is 0 Å². The molecule has 14 heavy (non-hydrogen) atoms.